The van der Waals surface area contributed by atoms with Crippen LogP contribution < -0.4 is 10.4 Å². The van der Waals surface area contributed by atoms with E-state index in [4.69, 9.17) is 10.0 Å². The molecule has 3 N–H and O–H groups in total. The Hall–Kier alpha value is -1.04. The highest BCUT2D eigenvalue weighted by atomic mass is 16.4. The van der Waals surface area contributed by atoms with Gasteiger partial charge >= 0.3 is 7.12 Å². The fraction of sp³-hybridized carbons (Fsp3) is 0.400. The Labute approximate surface area is 88.9 Å². The monoisotopic (exact) mass is 207 g/mol. The largest absolute Gasteiger partial charge is 0.488 e. The second-order valence-electron chi connectivity index (χ2n) is 3.86. The van der Waals surface area contributed by atoms with Crippen LogP contribution in [0.1, 0.15) is 6.42 Å². The van der Waals surface area contributed by atoms with E-state index in [9.17, 15) is 5.11 Å². The number of hydrogen-bond acceptors (Lipinski definition) is 4. The van der Waals surface area contributed by atoms with Gasteiger partial charge in [0.25, 0.3) is 0 Å². The van der Waals surface area contributed by atoms with Crippen LogP contribution in [0.4, 0.5) is 5.69 Å². The first-order chi connectivity index (χ1) is 7.16. The van der Waals surface area contributed by atoms with Crippen LogP contribution in [0.15, 0.2) is 24.3 Å². The molecule has 0 amide bonds. The minimum Gasteiger partial charge on any atom is -0.423 e. The lowest BCUT2D eigenvalue weighted by Crippen LogP contribution is -2.31. The molecule has 0 aromatic heterocycles. The predicted octanol–water partition coefficient (Wildman–Crippen LogP) is -1.06. The van der Waals surface area contributed by atoms with Crippen molar-refractivity contribution >= 4 is 18.3 Å². The standard InChI is InChI=1S/C10H14BNO3/c13-10-4-5-12(7-10)9-3-1-2-8(6-9)11(14)15/h1-3,6,10,13-15H,4-5,7H2. The summed E-state index contributed by atoms with van der Waals surface area (Å²) in [6.45, 7) is 1.43. The van der Waals surface area contributed by atoms with Gasteiger partial charge in [0.2, 0.25) is 0 Å². The fourth-order valence-corrected chi connectivity index (χ4v) is 1.86. The van der Waals surface area contributed by atoms with Crippen LogP contribution in [0, 0.1) is 0 Å². The van der Waals surface area contributed by atoms with Crippen molar-refractivity contribution < 1.29 is 15.2 Å². The molecule has 4 nitrogen and oxygen atoms in total. The highest BCUT2D eigenvalue weighted by molar-refractivity contribution is 6.58. The highest BCUT2D eigenvalue weighted by Gasteiger charge is 2.21. The van der Waals surface area contributed by atoms with Crippen molar-refractivity contribution in [3.8, 4) is 0 Å². The van der Waals surface area contributed by atoms with Crippen molar-refractivity contribution in [1.82, 2.24) is 0 Å². The summed E-state index contributed by atoms with van der Waals surface area (Å²) >= 11 is 0. The molecule has 0 saturated carbocycles. The molecule has 1 atom stereocenters. The van der Waals surface area contributed by atoms with Gasteiger partial charge in [-0.15, -0.1) is 0 Å². The molecular formula is C10H14BNO3. The third-order valence-corrected chi connectivity index (χ3v) is 2.70. The molecule has 1 aromatic rings. The number of aliphatic hydroxyl groups is 1. The molecule has 15 heavy (non-hydrogen) atoms. The summed E-state index contributed by atoms with van der Waals surface area (Å²) < 4.78 is 0. The molecule has 1 heterocycles. The van der Waals surface area contributed by atoms with E-state index < -0.39 is 7.12 Å². The van der Waals surface area contributed by atoms with Gasteiger partial charge in [-0.1, -0.05) is 12.1 Å². The minimum absolute atomic E-state index is 0.271. The number of aliphatic hydroxyl groups excluding tert-OH is 1. The van der Waals surface area contributed by atoms with E-state index in [1.165, 1.54) is 0 Å². The summed E-state index contributed by atoms with van der Waals surface area (Å²) in [7, 11) is -1.43. The molecule has 1 aromatic carbocycles. The summed E-state index contributed by atoms with van der Waals surface area (Å²) in [5.74, 6) is 0. The maximum Gasteiger partial charge on any atom is 0.488 e. The molecular weight excluding hydrogens is 193 g/mol. The quantitative estimate of drug-likeness (QED) is 0.541. The van der Waals surface area contributed by atoms with E-state index >= 15 is 0 Å². The molecule has 0 aliphatic carbocycles. The summed E-state index contributed by atoms with van der Waals surface area (Å²) in [6, 6.07) is 7.10. The molecule has 5 heteroatoms. The Morgan fingerprint density at radius 3 is 2.73 bits per heavy atom. The van der Waals surface area contributed by atoms with Crippen LogP contribution in [0.3, 0.4) is 0 Å². The number of anilines is 1. The number of β-amino-alcohol motifs (C(OH)–C–C–N with tert-alkyl or cyclic N) is 1. The fourth-order valence-electron chi connectivity index (χ4n) is 1.86. The summed E-state index contributed by atoms with van der Waals surface area (Å²) in [4.78, 5) is 2.04. The van der Waals surface area contributed by atoms with Crippen LogP contribution in [0.2, 0.25) is 0 Å². The first-order valence-corrected chi connectivity index (χ1v) is 5.06. The van der Waals surface area contributed by atoms with Crippen LogP contribution in [0.5, 0.6) is 0 Å². The third kappa shape index (κ3) is 2.31. The van der Waals surface area contributed by atoms with Crippen molar-refractivity contribution in [2.45, 2.75) is 12.5 Å². The second kappa shape index (κ2) is 4.22. The molecule has 1 fully saturated rings. The molecule has 2 rings (SSSR count). The summed E-state index contributed by atoms with van der Waals surface area (Å²) in [5.41, 5.74) is 1.41. The van der Waals surface area contributed by atoms with Crippen molar-refractivity contribution in [2.24, 2.45) is 0 Å². The Morgan fingerprint density at radius 1 is 1.33 bits per heavy atom. The van der Waals surface area contributed by atoms with Gasteiger partial charge in [0.05, 0.1) is 6.10 Å². The zero-order valence-corrected chi connectivity index (χ0v) is 8.37. The Kier molecular flexibility index (Phi) is 2.95. The number of hydrogen-bond donors (Lipinski definition) is 3. The van der Waals surface area contributed by atoms with Crippen molar-refractivity contribution in [1.29, 1.82) is 0 Å². The number of rotatable bonds is 2. The van der Waals surface area contributed by atoms with Crippen LogP contribution in [-0.4, -0.2) is 41.5 Å². The summed E-state index contributed by atoms with van der Waals surface area (Å²) in [5, 5.41) is 27.5. The SMILES string of the molecule is OB(O)c1cccc(N2CCC(O)C2)c1. The van der Waals surface area contributed by atoms with E-state index in [1.807, 2.05) is 11.0 Å². The number of nitrogens with zero attached hydrogens (tertiary/aromatic N) is 1. The van der Waals surface area contributed by atoms with E-state index in [-0.39, 0.29) is 6.10 Å². The van der Waals surface area contributed by atoms with E-state index in [2.05, 4.69) is 0 Å². The normalized spacial score (nSPS) is 20.7. The van der Waals surface area contributed by atoms with E-state index in [1.54, 1.807) is 18.2 Å². The maximum absolute atomic E-state index is 9.40. The Morgan fingerprint density at radius 2 is 2.13 bits per heavy atom. The smallest absolute Gasteiger partial charge is 0.423 e. The zero-order chi connectivity index (χ0) is 10.8. The van der Waals surface area contributed by atoms with Gasteiger partial charge in [-0.25, -0.2) is 0 Å². The molecule has 0 spiro atoms. The van der Waals surface area contributed by atoms with Crippen molar-refractivity contribution in [3.05, 3.63) is 24.3 Å². The molecule has 80 valence electrons. The zero-order valence-electron chi connectivity index (χ0n) is 8.37. The average Bonchev–Trinajstić information content (AvgIpc) is 2.65. The molecule has 1 saturated heterocycles. The van der Waals surface area contributed by atoms with Gasteiger partial charge in [0, 0.05) is 18.8 Å². The van der Waals surface area contributed by atoms with Gasteiger partial charge in [-0.3, -0.25) is 0 Å². The first kappa shape index (κ1) is 10.5. The van der Waals surface area contributed by atoms with Crippen LogP contribution in [-0.2, 0) is 0 Å². The topological polar surface area (TPSA) is 63.9 Å². The van der Waals surface area contributed by atoms with Gasteiger partial charge in [-0.05, 0) is 24.0 Å². The molecule has 1 unspecified atom stereocenters. The lowest BCUT2D eigenvalue weighted by atomic mass is 9.80. The van der Waals surface area contributed by atoms with Gasteiger partial charge in [-0.2, -0.15) is 0 Å². The second-order valence-corrected chi connectivity index (χ2v) is 3.86. The van der Waals surface area contributed by atoms with Crippen LogP contribution in [0.25, 0.3) is 0 Å². The molecule has 1 aliphatic rings. The molecule has 1 aliphatic heterocycles. The first-order valence-electron chi connectivity index (χ1n) is 5.06. The lowest BCUT2D eigenvalue weighted by Gasteiger charge is -2.18. The predicted molar refractivity (Wildman–Crippen MR) is 59.1 cm³/mol. The summed E-state index contributed by atoms with van der Waals surface area (Å²) in [6.07, 6.45) is 0.499. The average molecular weight is 207 g/mol. The lowest BCUT2D eigenvalue weighted by molar-refractivity contribution is 0.198. The third-order valence-electron chi connectivity index (χ3n) is 2.70. The Bertz CT molecular complexity index is 345. The van der Waals surface area contributed by atoms with Gasteiger partial charge in [0.15, 0.2) is 0 Å². The van der Waals surface area contributed by atoms with Crippen LogP contribution >= 0.6 is 0 Å². The molecule has 0 bridgehead atoms. The van der Waals surface area contributed by atoms with E-state index in [0.29, 0.717) is 12.0 Å². The van der Waals surface area contributed by atoms with Crippen molar-refractivity contribution in [2.75, 3.05) is 18.0 Å². The number of benzene rings is 1. The maximum atomic E-state index is 9.40. The van der Waals surface area contributed by atoms with Crippen molar-refractivity contribution in [3.63, 3.8) is 0 Å². The molecule has 0 radical (unpaired) electrons. The van der Waals surface area contributed by atoms with Gasteiger partial charge in [0.1, 0.15) is 0 Å². The highest BCUT2D eigenvalue weighted by Crippen LogP contribution is 2.18. The minimum atomic E-state index is -1.43. The Balaban J connectivity index is 2.18. The van der Waals surface area contributed by atoms with E-state index in [0.717, 1.165) is 18.7 Å². The van der Waals surface area contributed by atoms with Gasteiger partial charge < -0.3 is 20.1 Å².